The minimum absolute atomic E-state index is 0.0975. The molecule has 94 valence electrons. The molecule has 0 aliphatic carbocycles. The molecule has 0 aromatic carbocycles. The maximum atomic E-state index is 11.3. The van der Waals surface area contributed by atoms with Gasteiger partial charge in [-0.1, -0.05) is 13.0 Å². The SMILES string of the molecule is CCNc1cccc([C@@H](CO)NC(=O)CC)n1. The van der Waals surface area contributed by atoms with Crippen LogP contribution in [0.3, 0.4) is 0 Å². The summed E-state index contributed by atoms with van der Waals surface area (Å²) in [6, 6.07) is 5.04. The number of pyridine rings is 1. The number of aliphatic hydroxyl groups is 1. The molecule has 3 N–H and O–H groups in total. The maximum Gasteiger partial charge on any atom is 0.220 e. The lowest BCUT2D eigenvalue weighted by Crippen LogP contribution is -2.30. The van der Waals surface area contributed by atoms with E-state index < -0.39 is 6.04 Å². The molecule has 1 aromatic rings. The normalized spacial score (nSPS) is 11.9. The highest BCUT2D eigenvalue weighted by atomic mass is 16.3. The van der Waals surface area contributed by atoms with Crippen LogP contribution in [0, 0.1) is 0 Å². The van der Waals surface area contributed by atoms with Gasteiger partial charge in [0.05, 0.1) is 18.3 Å². The summed E-state index contributed by atoms with van der Waals surface area (Å²) in [6.07, 6.45) is 0.392. The number of hydrogen-bond acceptors (Lipinski definition) is 4. The Hall–Kier alpha value is -1.62. The van der Waals surface area contributed by atoms with Crippen LogP contribution in [-0.2, 0) is 4.79 Å². The molecule has 1 aromatic heterocycles. The number of aromatic nitrogens is 1. The first-order chi connectivity index (χ1) is 8.21. The molecule has 0 aliphatic heterocycles. The summed E-state index contributed by atoms with van der Waals surface area (Å²) in [5.41, 5.74) is 0.660. The summed E-state index contributed by atoms with van der Waals surface area (Å²) in [4.78, 5) is 15.6. The van der Waals surface area contributed by atoms with Gasteiger partial charge in [-0.25, -0.2) is 4.98 Å². The van der Waals surface area contributed by atoms with Gasteiger partial charge in [0.2, 0.25) is 5.91 Å². The average molecular weight is 237 g/mol. The second kappa shape index (κ2) is 6.85. The summed E-state index contributed by atoms with van der Waals surface area (Å²) in [6.45, 7) is 4.37. The largest absolute Gasteiger partial charge is 0.394 e. The lowest BCUT2D eigenvalue weighted by molar-refractivity contribution is -0.121. The smallest absolute Gasteiger partial charge is 0.220 e. The van der Waals surface area contributed by atoms with E-state index in [1.807, 2.05) is 19.1 Å². The van der Waals surface area contributed by atoms with Gasteiger partial charge >= 0.3 is 0 Å². The molecule has 5 nitrogen and oxygen atoms in total. The highest BCUT2D eigenvalue weighted by molar-refractivity contribution is 5.76. The molecule has 0 saturated carbocycles. The Morgan fingerprint density at radius 3 is 2.82 bits per heavy atom. The van der Waals surface area contributed by atoms with E-state index in [2.05, 4.69) is 15.6 Å². The predicted octanol–water partition coefficient (Wildman–Crippen LogP) is 1.07. The van der Waals surface area contributed by atoms with Crippen molar-refractivity contribution in [3.05, 3.63) is 23.9 Å². The Labute approximate surface area is 101 Å². The van der Waals surface area contributed by atoms with Gasteiger partial charge in [0, 0.05) is 13.0 Å². The topological polar surface area (TPSA) is 74.2 Å². The number of nitrogens with one attached hydrogen (secondary N) is 2. The van der Waals surface area contributed by atoms with Crippen molar-refractivity contribution in [1.29, 1.82) is 0 Å². The molecule has 5 heteroatoms. The zero-order valence-corrected chi connectivity index (χ0v) is 10.2. The fourth-order valence-electron chi connectivity index (χ4n) is 1.43. The number of nitrogens with zero attached hydrogens (tertiary/aromatic N) is 1. The van der Waals surface area contributed by atoms with Crippen molar-refractivity contribution in [2.75, 3.05) is 18.5 Å². The lowest BCUT2D eigenvalue weighted by atomic mass is 10.2. The van der Waals surface area contributed by atoms with Crippen LogP contribution in [0.2, 0.25) is 0 Å². The number of anilines is 1. The van der Waals surface area contributed by atoms with Crippen molar-refractivity contribution in [1.82, 2.24) is 10.3 Å². The Kier molecular flexibility index (Phi) is 5.42. The molecule has 1 atom stereocenters. The van der Waals surface area contributed by atoms with Crippen LogP contribution in [-0.4, -0.2) is 29.1 Å². The van der Waals surface area contributed by atoms with Gasteiger partial charge in [-0.2, -0.15) is 0 Å². The van der Waals surface area contributed by atoms with Crippen LogP contribution in [0.15, 0.2) is 18.2 Å². The van der Waals surface area contributed by atoms with E-state index in [1.165, 1.54) is 0 Å². The van der Waals surface area contributed by atoms with Gasteiger partial charge in [0.25, 0.3) is 0 Å². The van der Waals surface area contributed by atoms with Crippen molar-refractivity contribution < 1.29 is 9.90 Å². The lowest BCUT2D eigenvalue weighted by Gasteiger charge is -2.16. The van der Waals surface area contributed by atoms with Gasteiger partial charge in [0.1, 0.15) is 5.82 Å². The zero-order valence-electron chi connectivity index (χ0n) is 10.2. The number of aliphatic hydroxyl groups excluding tert-OH is 1. The Balaban J connectivity index is 2.80. The number of amides is 1. The first-order valence-corrected chi connectivity index (χ1v) is 5.82. The molecular weight excluding hydrogens is 218 g/mol. The van der Waals surface area contributed by atoms with Crippen LogP contribution in [0.4, 0.5) is 5.82 Å². The standard InChI is InChI=1S/C12H19N3O2/c1-3-12(17)15-10(8-16)9-6-5-7-11(14-9)13-4-2/h5-7,10,16H,3-4,8H2,1-2H3,(H,13,14)(H,15,17)/t10-/m1/s1. The number of hydrogen-bond donors (Lipinski definition) is 3. The van der Waals surface area contributed by atoms with Crippen LogP contribution >= 0.6 is 0 Å². The van der Waals surface area contributed by atoms with Gasteiger partial charge < -0.3 is 15.7 Å². The number of carbonyl (C=O) groups is 1. The number of carbonyl (C=O) groups excluding carboxylic acids is 1. The fourth-order valence-corrected chi connectivity index (χ4v) is 1.43. The van der Waals surface area contributed by atoms with Crippen LogP contribution in [0.1, 0.15) is 32.0 Å². The van der Waals surface area contributed by atoms with E-state index in [1.54, 1.807) is 13.0 Å². The van der Waals surface area contributed by atoms with Crippen molar-refractivity contribution in [3.63, 3.8) is 0 Å². The molecule has 0 fully saturated rings. The summed E-state index contributed by atoms with van der Waals surface area (Å²) < 4.78 is 0. The fraction of sp³-hybridized carbons (Fsp3) is 0.500. The second-order valence-electron chi connectivity index (χ2n) is 3.63. The Morgan fingerprint density at radius 1 is 1.47 bits per heavy atom. The molecule has 1 amide bonds. The van der Waals surface area contributed by atoms with Gasteiger partial charge in [-0.05, 0) is 19.1 Å². The molecule has 0 unspecified atom stereocenters. The molecule has 0 bridgehead atoms. The van der Waals surface area contributed by atoms with Crippen molar-refractivity contribution in [3.8, 4) is 0 Å². The van der Waals surface area contributed by atoms with E-state index >= 15 is 0 Å². The zero-order chi connectivity index (χ0) is 12.7. The molecule has 0 spiro atoms. The molecule has 0 saturated heterocycles. The molecule has 1 heterocycles. The van der Waals surface area contributed by atoms with Gasteiger partial charge in [-0.15, -0.1) is 0 Å². The van der Waals surface area contributed by atoms with Crippen molar-refractivity contribution in [2.45, 2.75) is 26.3 Å². The summed E-state index contributed by atoms with van der Waals surface area (Å²) in [5, 5.41) is 15.1. The minimum atomic E-state index is -0.443. The first-order valence-electron chi connectivity index (χ1n) is 5.82. The maximum absolute atomic E-state index is 11.3. The summed E-state index contributed by atoms with van der Waals surface area (Å²) >= 11 is 0. The van der Waals surface area contributed by atoms with E-state index in [4.69, 9.17) is 0 Å². The number of rotatable bonds is 6. The van der Waals surface area contributed by atoms with E-state index in [0.29, 0.717) is 12.1 Å². The van der Waals surface area contributed by atoms with E-state index in [9.17, 15) is 9.90 Å². The third kappa shape index (κ3) is 4.03. The third-order valence-electron chi connectivity index (χ3n) is 2.32. The average Bonchev–Trinajstić information content (AvgIpc) is 2.36. The van der Waals surface area contributed by atoms with Crippen LogP contribution in [0.25, 0.3) is 0 Å². The third-order valence-corrected chi connectivity index (χ3v) is 2.32. The molecule has 0 aliphatic rings. The second-order valence-corrected chi connectivity index (χ2v) is 3.63. The van der Waals surface area contributed by atoms with Crippen molar-refractivity contribution in [2.24, 2.45) is 0 Å². The van der Waals surface area contributed by atoms with Crippen molar-refractivity contribution >= 4 is 11.7 Å². The van der Waals surface area contributed by atoms with Crippen LogP contribution in [0.5, 0.6) is 0 Å². The van der Waals surface area contributed by atoms with Gasteiger partial charge in [-0.3, -0.25) is 4.79 Å². The van der Waals surface area contributed by atoms with Crippen LogP contribution < -0.4 is 10.6 Å². The van der Waals surface area contributed by atoms with E-state index in [-0.39, 0.29) is 12.5 Å². The van der Waals surface area contributed by atoms with E-state index in [0.717, 1.165) is 12.4 Å². The summed E-state index contributed by atoms with van der Waals surface area (Å²) in [7, 11) is 0. The molecule has 1 rings (SSSR count). The quantitative estimate of drug-likeness (QED) is 0.692. The first kappa shape index (κ1) is 13.4. The summed E-state index contributed by atoms with van der Waals surface area (Å²) in [5.74, 6) is 0.647. The predicted molar refractivity (Wildman–Crippen MR) is 66.7 cm³/mol. The highest BCUT2D eigenvalue weighted by Crippen LogP contribution is 2.12. The molecule has 0 radical (unpaired) electrons. The van der Waals surface area contributed by atoms with Gasteiger partial charge in [0.15, 0.2) is 0 Å². The minimum Gasteiger partial charge on any atom is -0.394 e. The Bertz CT molecular complexity index is 369. The monoisotopic (exact) mass is 237 g/mol. The molecule has 17 heavy (non-hydrogen) atoms. The highest BCUT2D eigenvalue weighted by Gasteiger charge is 2.14. The Morgan fingerprint density at radius 2 is 2.24 bits per heavy atom. The molecular formula is C12H19N3O2.